The van der Waals surface area contributed by atoms with E-state index in [1.165, 1.54) is 24.3 Å². The van der Waals surface area contributed by atoms with Crippen LogP contribution in [0.25, 0.3) is 11.0 Å². The highest BCUT2D eigenvalue weighted by molar-refractivity contribution is 6.31. The number of hydrogen-bond acceptors (Lipinski definition) is 1. The molecule has 1 N–H and O–H groups in total. The van der Waals surface area contributed by atoms with Gasteiger partial charge in [-0.2, -0.15) is 0 Å². The molecule has 102 valence electrons. The molecule has 0 aliphatic rings. The van der Waals surface area contributed by atoms with Crippen molar-refractivity contribution >= 4 is 34.2 Å². The van der Waals surface area contributed by atoms with E-state index in [9.17, 15) is 8.78 Å². The lowest BCUT2D eigenvalue weighted by molar-refractivity contribution is 0.627. The summed E-state index contributed by atoms with van der Waals surface area (Å²) < 4.78 is 26.3. The second-order valence-corrected chi connectivity index (χ2v) is 5.19. The maximum Gasteiger partial charge on any atom is 0.144 e. The minimum atomic E-state index is -0.505. The lowest BCUT2D eigenvalue weighted by Crippen LogP contribution is -1.92. The van der Waals surface area contributed by atoms with E-state index in [-0.39, 0.29) is 5.02 Å². The second kappa shape index (κ2) is 5.04. The van der Waals surface area contributed by atoms with E-state index >= 15 is 0 Å². The monoisotopic (exact) mass is 312 g/mol. The van der Waals surface area contributed by atoms with Crippen molar-refractivity contribution in [2.45, 2.75) is 6.42 Å². The average Bonchev–Trinajstić information content (AvgIpc) is 2.75. The highest BCUT2D eigenvalue weighted by atomic mass is 35.5. The van der Waals surface area contributed by atoms with Gasteiger partial charge in [0.15, 0.2) is 0 Å². The summed E-state index contributed by atoms with van der Waals surface area (Å²) in [5, 5.41) is 0.352. The minimum Gasteiger partial charge on any atom is -0.342 e. The summed E-state index contributed by atoms with van der Waals surface area (Å²) in [4.78, 5) is 7.31. The Morgan fingerprint density at radius 2 is 1.85 bits per heavy atom. The van der Waals surface area contributed by atoms with Crippen LogP contribution in [-0.4, -0.2) is 9.97 Å². The first kappa shape index (κ1) is 13.3. The molecular weight excluding hydrogens is 305 g/mol. The zero-order valence-electron chi connectivity index (χ0n) is 10.1. The third kappa shape index (κ3) is 2.49. The second-order valence-electron chi connectivity index (χ2n) is 4.38. The van der Waals surface area contributed by atoms with Gasteiger partial charge in [-0.15, -0.1) is 0 Å². The molecule has 0 unspecified atom stereocenters. The van der Waals surface area contributed by atoms with Crippen molar-refractivity contribution in [3.05, 3.63) is 63.4 Å². The molecule has 0 radical (unpaired) electrons. The molecule has 2 nitrogen and oxygen atoms in total. The van der Waals surface area contributed by atoms with Gasteiger partial charge in [-0.25, -0.2) is 13.8 Å². The fraction of sp³-hybridized carbons (Fsp3) is 0.0714. The van der Waals surface area contributed by atoms with Gasteiger partial charge in [0.2, 0.25) is 0 Å². The van der Waals surface area contributed by atoms with Crippen LogP contribution < -0.4 is 0 Å². The number of nitrogens with one attached hydrogen (secondary N) is 1. The van der Waals surface area contributed by atoms with Crippen LogP contribution in [0.15, 0.2) is 30.3 Å². The molecule has 3 aromatic rings. The van der Waals surface area contributed by atoms with Gasteiger partial charge < -0.3 is 4.98 Å². The number of hydrogen-bond donors (Lipinski definition) is 1. The van der Waals surface area contributed by atoms with Crippen molar-refractivity contribution in [1.82, 2.24) is 9.97 Å². The zero-order chi connectivity index (χ0) is 14.3. The number of benzene rings is 2. The van der Waals surface area contributed by atoms with Gasteiger partial charge in [0.05, 0.1) is 16.1 Å². The number of halogens is 4. The molecule has 0 aliphatic heterocycles. The summed E-state index contributed by atoms with van der Waals surface area (Å²) in [6, 6.07) is 6.92. The Morgan fingerprint density at radius 3 is 2.60 bits per heavy atom. The molecular formula is C14H8Cl2F2N2. The smallest absolute Gasteiger partial charge is 0.144 e. The van der Waals surface area contributed by atoms with Gasteiger partial charge in [-0.3, -0.25) is 0 Å². The Balaban J connectivity index is 1.98. The molecule has 1 heterocycles. The Hall–Kier alpha value is -1.65. The predicted molar refractivity (Wildman–Crippen MR) is 75.3 cm³/mol. The molecule has 1 aromatic heterocycles. The van der Waals surface area contributed by atoms with Gasteiger partial charge in [-0.1, -0.05) is 29.3 Å². The van der Waals surface area contributed by atoms with Crippen LogP contribution in [0.4, 0.5) is 8.78 Å². The molecule has 0 spiro atoms. The Labute approximate surface area is 123 Å². The van der Waals surface area contributed by atoms with Crippen LogP contribution in [0, 0.1) is 11.6 Å². The average molecular weight is 313 g/mol. The SMILES string of the molecule is Fc1ccc(Cc2nc3cc(Cl)c(F)cc3[nH]2)c(Cl)c1. The summed E-state index contributed by atoms with van der Waals surface area (Å²) in [6.07, 6.45) is 0.396. The molecule has 2 aromatic carbocycles. The van der Waals surface area contributed by atoms with Gasteiger partial charge in [0, 0.05) is 17.5 Å². The molecule has 6 heteroatoms. The van der Waals surface area contributed by atoms with Gasteiger partial charge in [-0.05, 0) is 23.8 Å². The minimum absolute atomic E-state index is 0.0235. The quantitative estimate of drug-likeness (QED) is 0.727. The van der Waals surface area contributed by atoms with Crippen molar-refractivity contribution in [2.75, 3.05) is 0 Å². The Bertz CT molecular complexity index is 760. The molecule has 0 amide bonds. The number of imidazole rings is 1. The van der Waals surface area contributed by atoms with Crippen LogP contribution in [0.5, 0.6) is 0 Å². The maximum atomic E-state index is 13.4. The van der Waals surface area contributed by atoms with E-state index in [0.29, 0.717) is 28.3 Å². The molecule has 0 atom stereocenters. The largest absolute Gasteiger partial charge is 0.342 e. The van der Waals surface area contributed by atoms with Gasteiger partial charge in [0.25, 0.3) is 0 Å². The van der Waals surface area contributed by atoms with E-state index < -0.39 is 11.6 Å². The van der Waals surface area contributed by atoms with Crippen LogP contribution in [-0.2, 0) is 6.42 Å². The van der Waals surface area contributed by atoms with Crippen molar-refractivity contribution in [3.63, 3.8) is 0 Å². The molecule has 3 rings (SSSR count). The Morgan fingerprint density at radius 1 is 1.05 bits per heavy atom. The normalized spacial score (nSPS) is 11.2. The van der Waals surface area contributed by atoms with Crippen LogP contribution in [0.1, 0.15) is 11.4 Å². The fourth-order valence-electron chi connectivity index (χ4n) is 1.99. The first-order chi connectivity index (χ1) is 9.52. The Kier molecular flexibility index (Phi) is 3.36. The maximum absolute atomic E-state index is 13.4. The van der Waals surface area contributed by atoms with Crippen molar-refractivity contribution < 1.29 is 8.78 Å². The molecule has 0 saturated carbocycles. The van der Waals surface area contributed by atoms with E-state index in [4.69, 9.17) is 23.2 Å². The van der Waals surface area contributed by atoms with E-state index in [0.717, 1.165) is 5.56 Å². The number of aromatic nitrogens is 2. The van der Waals surface area contributed by atoms with Crippen LogP contribution in [0.3, 0.4) is 0 Å². The molecule has 0 bridgehead atoms. The molecule has 0 fully saturated rings. The van der Waals surface area contributed by atoms with Crippen molar-refractivity contribution in [3.8, 4) is 0 Å². The molecule has 0 aliphatic carbocycles. The van der Waals surface area contributed by atoms with E-state index in [2.05, 4.69) is 9.97 Å². The van der Waals surface area contributed by atoms with Crippen LogP contribution >= 0.6 is 23.2 Å². The zero-order valence-corrected chi connectivity index (χ0v) is 11.6. The number of H-pyrrole nitrogens is 1. The third-order valence-electron chi connectivity index (χ3n) is 2.95. The summed E-state index contributed by atoms with van der Waals surface area (Å²) >= 11 is 11.7. The fourth-order valence-corrected chi connectivity index (χ4v) is 2.38. The number of nitrogens with zero attached hydrogens (tertiary/aromatic N) is 1. The molecule has 0 saturated heterocycles. The lowest BCUT2D eigenvalue weighted by atomic mass is 10.1. The summed E-state index contributed by atoms with van der Waals surface area (Å²) in [6.45, 7) is 0. The number of fused-ring (bicyclic) bond motifs is 1. The van der Waals surface area contributed by atoms with Gasteiger partial charge >= 0.3 is 0 Å². The highest BCUT2D eigenvalue weighted by Crippen LogP contribution is 2.24. The lowest BCUT2D eigenvalue weighted by Gasteiger charge is -2.01. The first-order valence-corrected chi connectivity index (χ1v) is 6.56. The number of aromatic amines is 1. The van der Waals surface area contributed by atoms with Crippen molar-refractivity contribution in [2.24, 2.45) is 0 Å². The highest BCUT2D eigenvalue weighted by Gasteiger charge is 2.10. The topological polar surface area (TPSA) is 28.7 Å². The summed E-state index contributed by atoms with van der Waals surface area (Å²) in [5.74, 6) is -0.290. The summed E-state index contributed by atoms with van der Waals surface area (Å²) in [7, 11) is 0. The van der Waals surface area contributed by atoms with E-state index in [1.807, 2.05) is 0 Å². The van der Waals surface area contributed by atoms with Crippen LogP contribution in [0.2, 0.25) is 10.0 Å². The summed E-state index contributed by atoms with van der Waals surface area (Å²) in [5.41, 5.74) is 1.86. The third-order valence-corrected chi connectivity index (χ3v) is 3.59. The molecule has 20 heavy (non-hydrogen) atoms. The predicted octanol–water partition coefficient (Wildman–Crippen LogP) is 4.74. The van der Waals surface area contributed by atoms with E-state index in [1.54, 1.807) is 6.07 Å². The number of rotatable bonds is 2. The standard InChI is InChI=1S/C14H8Cl2F2N2/c15-9-4-8(17)2-1-7(9)3-14-19-12-5-10(16)11(18)6-13(12)20-14/h1-2,4-6H,3H2,(H,19,20). The van der Waals surface area contributed by atoms with Crippen molar-refractivity contribution in [1.29, 1.82) is 0 Å². The van der Waals surface area contributed by atoms with Gasteiger partial charge in [0.1, 0.15) is 17.5 Å². The first-order valence-electron chi connectivity index (χ1n) is 5.80.